The highest BCUT2D eigenvalue weighted by atomic mass is 16.1. The average Bonchev–Trinajstić information content (AvgIpc) is 2.32. The van der Waals surface area contributed by atoms with Crippen LogP contribution < -0.4 is 11.1 Å². The fourth-order valence-electron chi connectivity index (χ4n) is 1.37. The number of hydrogen-bond donors (Lipinski definition) is 2. The molecule has 3 nitrogen and oxygen atoms in total. The van der Waals surface area contributed by atoms with Gasteiger partial charge in [-0.2, -0.15) is 0 Å². The van der Waals surface area contributed by atoms with E-state index in [9.17, 15) is 4.79 Å². The van der Waals surface area contributed by atoms with Gasteiger partial charge < -0.3 is 11.1 Å². The summed E-state index contributed by atoms with van der Waals surface area (Å²) in [6.45, 7) is 8.05. The van der Waals surface area contributed by atoms with Crippen LogP contribution >= 0.6 is 0 Å². The molecule has 76 valence electrons. The molecule has 13 heavy (non-hydrogen) atoms. The van der Waals surface area contributed by atoms with Crippen molar-refractivity contribution < 1.29 is 4.79 Å². The first-order valence-electron chi connectivity index (χ1n) is 4.79. The Morgan fingerprint density at radius 1 is 1.62 bits per heavy atom. The van der Waals surface area contributed by atoms with Gasteiger partial charge in [-0.1, -0.05) is 13.8 Å². The van der Waals surface area contributed by atoms with Crippen molar-refractivity contribution in [1.29, 1.82) is 0 Å². The Morgan fingerprint density at radius 2 is 2.08 bits per heavy atom. The van der Waals surface area contributed by atoms with Crippen LogP contribution in [0.15, 0.2) is 0 Å². The van der Waals surface area contributed by atoms with Crippen molar-refractivity contribution in [2.24, 2.45) is 11.1 Å². The third-order valence-corrected chi connectivity index (χ3v) is 2.46. The highest BCUT2D eigenvalue weighted by Crippen LogP contribution is 2.44. The molecule has 1 aliphatic carbocycles. The predicted molar refractivity (Wildman–Crippen MR) is 53.2 cm³/mol. The van der Waals surface area contributed by atoms with E-state index >= 15 is 0 Å². The van der Waals surface area contributed by atoms with Crippen LogP contribution in [0.1, 0.15) is 40.5 Å². The number of hydrogen-bond acceptors (Lipinski definition) is 2. The molecule has 1 aliphatic rings. The molecular formula is C10H20N2O. The number of rotatable bonds is 3. The van der Waals surface area contributed by atoms with Crippen LogP contribution in [-0.4, -0.2) is 17.5 Å². The average molecular weight is 184 g/mol. The van der Waals surface area contributed by atoms with Crippen molar-refractivity contribution in [2.75, 3.05) is 0 Å². The van der Waals surface area contributed by atoms with Crippen molar-refractivity contribution in [3.63, 3.8) is 0 Å². The molecule has 0 saturated heterocycles. The van der Waals surface area contributed by atoms with Gasteiger partial charge in [-0.15, -0.1) is 0 Å². The van der Waals surface area contributed by atoms with Gasteiger partial charge in [0, 0.05) is 18.0 Å². The van der Waals surface area contributed by atoms with Crippen molar-refractivity contribution in [3.05, 3.63) is 0 Å². The lowest BCUT2D eigenvalue weighted by Crippen LogP contribution is -2.40. The largest absolute Gasteiger partial charge is 0.353 e. The van der Waals surface area contributed by atoms with Crippen LogP contribution in [0.3, 0.4) is 0 Å². The van der Waals surface area contributed by atoms with Crippen LogP contribution in [0.25, 0.3) is 0 Å². The Hall–Kier alpha value is -0.570. The smallest absolute Gasteiger partial charge is 0.222 e. The molecule has 3 N–H and O–H groups in total. The summed E-state index contributed by atoms with van der Waals surface area (Å²) in [7, 11) is 0. The number of nitrogens with one attached hydrogen (secondary N) is 1. The zero-order chi connectivity index (χ0) is 10.3. The molecule has 0 heterocycles. The van der Waals surface area contributed by atoms with Gasteiger partial charge in [0.25, 0.3) is 0 Å². The van der Waals surface area contributed by atoms with Crippen LogP contribution in [0.2, 0.25) is 0 Å². The second kappa shape index (κ2) is 2.98. The minimum absolute atomic E-state index is 0.0723. The van der Waals surface area contributed by atoms with Crippen LogP contribution in [-0.2, 0) is 4.79 Å². The van der Waals surface area contributed by atoms with Crippen LogP contribution in [0.5, 0.6) is 0 Å². The first-order valence-corrected chi connectivity index (χ1v) is 4.79. The van der Waals surface area contributed by atoms with Gasteiger partial charge in [0.1, 0.15) is 0 Å². The fraction of sp³-hybridized carbons (Fsp3) is 0.900. The summed E-state index contributed by atoms with van der Waals surface area (Å²) in [5, 5.41) is 2.98. The lowest BCUT2D eigenvalue weighted by Gasteiger charge is -2.17. The quantitative estimate of drug-likeness (QED) is 0.688. The third-order valence-electron chi connectivity index (χ3n) is 2.46. The summed E-state index contributed by atoms with van der Waals surface area (Å²) < 4.78 is 0. The second-order valence-corrected chi connectivity index (χ2v) is 5.48. The number of carbonyl (C=O) groups is 1. The molecule has 1 rings (SSSR count). The highest BCUT2D eigenvalue weighted by molar-refractivity contribution is 5.77. The minimum Gasteiger partial charge on any atom is -0.353 e. The molecule has 1 fully saturated rings. The second-order valence-electron chi connectivity index (χ2n) is 5.48. The Labute approximate surface area is 80.1 Å². The van der Waals surface area contributed by atoms with E-state index in [-0.39, 0.29) is 5.91 Å². The van der Waals surface area contributed by atoms with Gasteiger partial charge in [-0.25, -0.2) is 0 Å². The molecule has 0 radical (unpaired) electrons. The SMILES string of the molecule is CC(C)(N)CC(=O)NC1CC1(C)C. The van der Waals surface area contributed by atoms with E-state index in [1.807, 2.05) is 13.8 Å². The molecule has 0 bridgehead atoms. The molecule has 0 aliphatic heterocycles. The lowest BCUT2D eigenvalue weighted by molar-refractivity contribution is -0.122. The molecule has 3 heteroatoms. The summed E-state index contributed by atoms with van der Waals surface area (Å²) in [6.07, 6.45) is 1.49. The lowest BCUT2D eigenvalue weighted by atomic mass is 10.0. The standard InChI is InChI=1S/C10H20N2O/c1-9(2)5-7(9)12-8(13)6-10(3,4)11/h7H,5-6,11H2,1-4H3,(H,12,13). The first-order chi connectivity index (χ1) is 5.71. The maximum Gasteiger partial charge on any atom is 0.222 e. The van der Waals surface area contributed by atoms with Crippen molar-refractivity contribution in [1.82, 2.24) is 5.32 Å². The Balaban J connectivity index is 2.28. The van der Waals surface area contributed by atoms with Gasteiger partial charge >= 0.3 is 0 Å². The van der Waals surface area contributed by atoms with Crippen LogP contribution in [0.4, 0.5) is 0 Å². The zero-order valence-corrected chi connectivity index (χ0v) is 8.98. The van der Waals surface area contributed by atoms with E-state index in [0.29, 0.717) is 17.9 Å². The van der Waals surface area contributed by atoms with Gasteiger partial charge in [0.15, 0.2) is 0 Å². The van der Waals surface area contributed by atoms with E-state index in [1.165, 1.54) is 0 Å². The number of carbonyl (C=O) groups excluding carboxylic acids is 1. The van der Waals surface area contributed by atoms with E-state index in [4.69, 9.17) is 5.73 Å². The zero-order valence-electron chi connectivity index (χ0n) is 8.98. The van der Waals surface area contributed by atoms with Gasteiger partial charge in [-0.05, 0) is 25.7 Å². The van der Waals surface area contributed by atoms with Crippen molar-refractivity contribution >= 4 is 5.91 Å². The fourth-order valence-corrected chi connectivity index (χ4v) is 1.37. The van der Waals surface area contributed by atoms with Gasteiger partial charge in [-0.3, -0.25) is 4.79 Å². The molecule has 1 amide bonds. The normalized spacial score (nSPS) is 25.5. The summed E-state index contributed by atoms with van der Waals surface area (Å²) in [5.74, 6) is 0.0723. The Morgan fingerprint density at radius 3 is 2.38 bits per heavy atom. The van der Waals surface area contributed by atoms with Crippen molar-refractivity contribution in [3.8, 4) is 0 Å². The van der Waals surface area contributed by atoms with E-state index in [2.05, 4.69) is 19.2 Å². The number of amides is 1. The van der Waals surface area contributed by atoms with E-state index < -0.39 is 5.54 Å². The predicted octanol–water partition coefficient (Wildman–Crippen LogP) is 1.03. The monoisotopic (exact) mass is 184 g/mol. The molecule has 0 aromatic heterocycles. The van der Waals surface area contributed by atoms with Crippen LogP contribution in [0, 0.1) is 5.41 Å². The van der Waals surface area contributed by atoms with Crippen molar-refractivity contribution in [2.45, 2.75) is 52.1 Å². The molecule has 1 atom stereocenters. The maximum atomic E-state index is 11.4. The molecule has 1 saturated carbocycles. The first kappa shape index (κ1) is 10.5. The molecule has 0 aromatic carbocycles. The molecule has 0 spiro atoms. The minimum atomic E-state index is -0.400. The Bertz CT molecular complexity index is 215. The highest BCUT2D eigenvalue weighted by Gasteiger charge is 2.46. The molecule has 1 unspecified atom stereocenters. The van der Waals surface area contributed by atoms with Gasteiger partial charge in [0.05, 0.1) is 0 Å². The summed E-state index contributed by atoms with van der Waals surface area (Å²) in [6, 6.07) is 0.363. The van der Waals surface area contributed by atoms with E-state index in [0.717, 1.165) is 6.42 Å². The maximum absolute atomic E-state index is 11.4. The summed E-state index contributed by atoms with van der Waals surface area (Å²) in [4.78, 5) is 11.4. The third kappa shape index (κ3) is 3.35. The van der Waals surface area contributed by atoms with Gasteiger partial charge in [0.2, 0.25) is 5.91 Å². The molecular weight excluding hydrogens is 164 g/mol. The van der Waals surface area contributed by atoms with E-state index in [1.54, 1.807) is 0 Å². The molecule has 0 aromatic rings. The summed E-state index contributed by atoms with van der Waals surface area (Å²) >= 11 is 0. The summed E-state index contributed by atoms with van der Waals surface area (Å²) in [5.41, 5.74) is 5.64. The number of nitrogens with two attached hydrogens (primary N) is 1. The Kier molecular flexibility index (Phi) is 2.41. The topological polar surface area (TPSA) is 55.1 Å².